The average Bonchev–Trinajstić information content (AvgIpc) is 2.41. The first-order chi connectivity index (χ1) is 4.79. The van der Waals surface area contributed by atoms with Crippen molar-refractivity contribution in [2.45, 2.75) is 24.3 Å². The lowest BCUT2D eigenvalue weighted by atomic mass is 10.1. The van der Waals surface area contributed by atoms with E-state index in [4.69, 9.17) is 20.9 Å². The zero-order valence-electron chi connectivity index (χ0n) is 6.51. The normalized spacial score (nSPS) is 44.5. The third-order valence-corrected chi connectivity index (χ3v) is 2.13. The van der Waals surface area contributed by atoms with Gasteiger partial charge in [-0.15, -0.1) is 24.8 Å². The summed E-state index contributed by atoms with van der Waals surface area (Å²) in [5.41, 5.74) is 11.4. The number of hydrogen-bond acceptors (Lipinski definition) is 4. The van der Waals surface area contributed by atoms with Gasteiger partial charge in [0.25, 0.3) is 0 Å². The molecule has 0 spiro atoms. The first kappa shape index (κ1) is 12.4. The molecule has 74 valence electrons. The van der Waals surface area contributed by atoms with Gasteiger partial charge in [-0.25, -0.2) is 0 Å². The van der Waals surface area contributed by atoms with Crippen molar-refractivity contribution in [3.8, 4) is 0 Å². The molecule has 2 aliphatic rings. The highest BCUT2D eigenvalue weighted by Gasteiger charge is 2.44. The Kier molecular flexibility index (Phi) is 4.76. The van der Waals surface area contributed by atoms with Crippen LogP contribution in [-0.2, 0) is 9.47 Å². The number of halogens is 2. The summed E-state index contributed by atoms with van der Waals surface area (Å²) in [6, 6.07) is 0.0529. The first-order valence-corrected chi connectivity index (χ1v) is 3.53. The molecule has 0 aliphatic carbocycles. The molecule has 0 saturated carbocycles. The van der Waals surface area contributed by atoms with Crippen LogP contribution in [0.3, 0.4) is 0 Å². The average molecular weight is 217 g/mol. The van der Waals surface area contributed by atoms with Crippen LogP contribution >= 0.6 is 24.8 Å². The van der Waals surface area contributed by atoms with E-state index in [-0.39, 0.29) is 49.1 Å². The molecule has 4 atom stereocenters. The van der Waals surface area contributed by atoms with E-state index in [2.05, 4.69) is 0 Å². The smallest absolute Gasteiger partial charge is 0.103 e. The quantitative estimate of drug-likeness (QED) is 0.561. The molecule has 2 fully saturated rings. The van der Waals surface area contributed by atoms with Gasteiger partial charge in [-0.05, 0) is 0 Å². The van der Waals surface area contributed by atoms with Gasteiger partial charge in [0.1, 0.15) is 12.2 Å². The van der Waals surface area contributed by atoms with Crippen molar-refractivity contribution in [1.29, 1.82) is 0 Å². The standard InChI is InChI=1S/C6H12N2O2.2ClH/c7-3-1-9-6-4(8)2-10-5(3)6;;/h3-6H,1-2,7-8H2;2*1H. The molecule has 4 nitrogen and oxygen atoms in total. The second-order valence-electron chi connectivity index (χ2n) is 2.92. The van der Waals surface area contributed by atoms with E-state index in [1.54, 1.807) is 0 Å². The zero-order valence-corrected chi connectivity index (χ0v) is 8.14. The maximum absolute atomic E-state index is 5.68. The van der Waals surface area contributed by atoms with E-state index in [1.165, 1.54) is 0 Å². The summed E-state index contributed by atoms with van der Waals surface area (Å²) in [6.45, 7) is 1.17. The van der Waals surface area contributed by atoms with Gasteiger partial charge < -0.3 is 20.9 Å². The molecule has 0 aromatic heterocycles. The Labute approximate surface area is 83.8 Å². The van der Waals surface area contributed by atoms with Gasteiger partial charge in [0.05, 0.1) is 25.3 Å². The largest absolute Gasteiger partial charge is 0.372 e. The lowest BCUT2D eigenvalue weighted by Crippen LogP contribution is -2.39. The van der Waals surface area contributed by atoms with Crippen molar-refractivity contribution in [3.05, 3.63) is 0 Å². The van der Waals surface area contributed by atoms with Gasteiger partial charge in [0, 0.05) is 0 Å². The molecule has 0 aromatic carbocycles. The number of hydrogen-bond donors (Lipinski definition) is 2. The highest BCUT2D eigenvalue weighted by atomic mass is 35.5. The van der Waals surface area contributed by atoms with Crippen molar-refractivity contribution in [2.75, 3.05) is 13.2 Å². The van der Waals surface area contributed by atoms with Crippen molar-refractivity contribution in [3.63, 3.8) is 0 Å². The van der Waals surface area contributed by atoms with E-state index in [9.17, 15) is 0 Å². The molecule has 2 aliphatic heterocycles. The highest BCUT2D eigenvalue weighted by Crippen LogP contribution is 2.24. The Morgan fingerprint density at radius 2 is 1.17 bits per heavy atom. The molecular weight excluding hydrogens is 203 g/mol. The van der Waals surface area contributed by atoms with Crippen LogP contribution in [0.1, 0.15) is 0 Å². The fourth-order valence-electron chi connectivity index (χ4n) is 1.56. The maximum atomic E-state index is 5.68. The Bertz CT molecular complexity index is 134. The van der Waals surface area contributed by atoms with Crippen LogP contribution in [0.5, 0.6) is 0 Å². The highest BCUT2D eigenvalue weighted by molar-refractivity contribution is 5.85. The SMILES string of the molecule is Cl.Cl.NC1COC2C(N)COC12. The molecule has 0 amide bonds. The number of nitrogens with two attached hydrogens (primary N) is 2. The third-order valence-electron chi connectivity index (χ3n) is 2.13. The van der Waals surface area contributed by atoms with Crippen LogP contribution < -0.4 is 11.5 Å². The maximum Gasteiger partial charge on any atom is 0.103 e. The van der Waals surface area contributed by atoms with Gasteiger partial charge in [-0.2, -0.15) is 0 Å². The van der Waals surface area contributed by atoms with Crippen LogP contribution in [0.4, 0.5) is 0 Å². The van der Waals surface area contributed by atoms with Crippen molar-refractivity contribution in [2.24, 2.45) is 11.5 Å². The van der Waals surface area contributed by atoms with Crippen LogP contribution in [0.25, 0.3) is 0 Å². The minimum atomic E-state index is 0. The Morgan fingerprint density at radius 1 is 0.833 bits per heavy atom. The van der Waals surface area contributed by atoms with E-state index >= 15 is 0 Å². The van der Waals surface area contributed by atoms with Crippen LogP contribution in [-0.4, -0.2) is 37.5 Å². The topological polar surface area (TPSA) is 70.5 Å². The van der Waals surface area contributed by atoms with Crippen molar-refractivity contribution < 1.29 is 9.47 Å². The van der Waals surface area contributed by atoms with Gasteiger partial charge in [-0.1, -0.05) is 0 Å². The molecule has 2 rings (SSSR count). The van der Waals surface area contributed by atoms with E-state index < -0.39 is 0 Å². The zero-order chi connectivity index (χ0) is 7.14. The molecule has 4 unspecified atom stereocenters. The molecule has 0 aromatic rings. The number of rotatable bonds is 0. The molecule has 2 saturated heterocycles. The van der Waals surface area contributed by atoms with Crippen molar-refractivity contribution in [1.82, 2.24) is 0 Å². The summed E-state index contributed by atoms with van der Waals surface area (Å²) >= 11 is 0. The van der Waals surface area contributed by atoms with Gasteiger partial charge in [0.15, 0.2) is 0 Å². The fraction of sp³-hybridized carbons (Fsp3) is 1.00. The Hall–Kier alpha value is 0.420. The van der Waals surface area contributed by atoms with E-state index in [0.29, 0.717) is 13.2 Å². The Morgan fingerprint density at radius 3 is 1.50 bits per heavy atom. The molecule has 0 radical (unpaired) electrons. The summed E-state index contributed by atoms with van der Waals surface area (Å²) in [6.07, 6.45) is 0.102. The van der Waals surface area contributed by atoms with Gasteiger partial charge in [-0.3, -0.25) is 0 Å². The summed E-state index contributed by atoms with van der Waals surface area (Å²) in [7, 11) is 0. The minimum Gasteiger partial charge on any atom is -0.372 e. The van der Waals surface area contributed by atoms with E-state index in [1.807, 2.05) is 0 Å². The van der Waals surface area contributed by atoms with Crippen molar-refractivity contribution >= 4 is 24.8 Å². The molecule has 12 heavy (non-hydrogen) atoms. The predicted molar refractivity (Wildman–Crippen MR) is 49.9 cm³/mol. The second kappa shape index (κ2) is 4.60. The molecule has 2 heterocycles. The fourth-order valence-corrected chi connectivity index (χ4v) is 1.56. The lowest BCUT2D eigenvalue weighted by molar-refractivity contribution is 0.0691. The summed E-state index contributed by atoms with van der Waals surface area (Å²) in [5.74, 6) is 0. The van der Waals surface area contributed by atoms with Gasteiger partial charge in [0.2, 0.25) is 0 Å². The molecule has 6 heteroatoms. The Balaban J connectivity index is 0.000000605. The summed E-state index contributed by atoms with van der Waals surface area (Å²) in [5, 5.41) is 0. The molecule has 0 bridgehead atoms. The summed E-state index contributed by atoms with van der Waals surface area (Å²) in [4.78, 5) is 0. The van der Waals surface area contributed by atoms with E-state index in [0.717, 1.165) is 0 Å². The molecule has 4 N–H and O–H groups in total. The molecular formula is C6H14Cl2N2O2. The monoisotopic (exact) mass is 216 g/mol. The van der Waals surface area contributed by atoms with Crippen LogP contribution in [0.15, 0.2) is 0 Å². The number of ether oxygens (including phenoxy) is 2. The lowest BCUT2D eigenvalue weighted by Gasteiger charge is -2.10. The third kappa shape index (κ3) is 1.84. The second-order valence-corrected chi connectivity index (χ2v) is 2.92. The first-order valence-electron chi connectivity index (χ1n) is 3.53. The summed E-state index contributed by atoms with van der Waals surface area (Å²) < 4.78 is 10.7. The predicted octanol–water partition coefficient (Wildman–Crippen LogP) is -0.718. The van der Waals surface area contributed by atoms with Crippen LogP contribution in [0.2, 0.25) is 0 Å². The van der Waals surface area contributed by atoms with Crippen LogP contribution in [0, 0.1) is 0 Å². The minimum absolute atomic E-state index is 0. The van der Waals surface area contributed by atoms with Gasteiger partial charge >= 0.3 is 0 Å². The number of fused-ring (bicyclic) bond motifs is 1.